The molecule has 0 saturated heterocycles. The van der Waals surface area contributed by atoms with Crippen molar-refractivity contribution < 1.29 is 0 Å². The average Bonchev–Trinajstić information content (AvgIpc) is 2.66. The average molecular weight is 548 g/mol. The van der Waals surface area contributed by atoms with Crippen molar-refractivity contribution in [2.24, 2.45) is 0 Å². The molecule has 3 aromatic carbocycles. The Labute approximate surface area is 173 Å². The van der Waals surface area contributed by atoms with Gasteiger partial charge in [-0.25, -0.2) is 0 Å². The van der Waals surface area contributed by atoms with E-state index in [-0.39, 0.29) is 5.30 Å². The fourth-order valence-corrected chi connectivity index (χ4v) is 5.10. The van der Waals surface area contributed by atoms with Crippen LogP contribution in [0.3, 0.4) is 0 Å². The molecule has 0 atom stereocenters. The van der Waals surface area contributed by atoms with E-state index in [4.69, 9.17) is 26.8 Å². The number of benzene rings is 3. The standard InChI is InChI=1S/C18H11O4P.3ClH.Sn/c19-14-11-15(17(21)18(22)16(14)20)23(12-7-3-1-4-8-12)13-9-5-2-6-10-13;;;;/h1-11H;3*1H;/q;;;;+3/p-2. The molecule has 9 heteroatoms. The summed E-state index contributed by atoms with van der Waals surface area (Å²) in [4.78, 5) is 47.2. The van der Waals surface area contributed by atoms with E-state index >= 15 is 0 Å². The van der Waals surface area contributed by atoms with Gasteiger partial charge in [0.15, 0.2) is 5.30 Å². The molecule has 0 unspecified atom stereocenters. The molecule has 0 bridgehead atoms. The monoisotopic (exact) mass is 548 g/mol. The van der Waals surface area contributed by atoms with Gasteiger partial charge in [-0.15, -0.1) is 0 Å². The molecule has 0 amide bonds. The van der Waals surface area contributed by atoms with Gasteiger partial charge in [0.1, 0.15) is 18.5 Å². The van der Waals surface area contributed by atoms with E-state index in [1.807, 2.05) is 60.7 Å². The molecule has 3 rings (SSSR count). The Morgan fingerprint density at radius 3 is 1.44 bits per heavy atom. The van der Waals surface area contributed by atoms with Crippen molar-refractivity contribution in [2.75, 3.05) is 0 Å². The van der Waals surface area contributed by atoms with Crippen LogP contribution in [0, 0.1) is 0 Å². The molecular formula is C18H12Cl3O4PSn+. The maximum atomic E-state index is 12.3. The van der Waals surface area contributed by atoms with Gasteiger partial charge in [-0.2, -0.15) is 0 Å². The Morgan fingerprint density at radius 2 is 1.04 bits per heavy atom. The van der Waals surface area contributed by atoms with Crippen molar-refractivity contribution in [2.45, 2.75) is 0 Å². The molecule has 4 nitrogen and oxygen atoms in total. The molecule has 0 N–H and O–H groups in total. The van der Waals surface area contributed by atoms with Gasteiger partial charge in [0, 0.05) is 6.07 Å². The minimum absolute atomic E-state index is 0.141. The first kappa shape index (κ1) is 22.2. The summed E-state index contributed by atoms with van der Waals surface area (Å²) in [7, 11) is 13.2. The van der Waals surface area contributed by atoms with Crippen molar-refractivity contribution in [1.29, 1.82) is 0 Å². The second-order valence-electron chi connectivity index (χ2n) is 5.23. The predicted octanol–water partition coefficient (Wildman–Crippen LogP) is 1.18. The van der Waals surface area contributed by atoms with Crippen LogP contribution in [0.15, 0.2) is 85.9 Å². The Bertz CT molecular complexity index is 1060. The number of halogens is 3. The van der Waals surface area contributed by atoms with Gasteiger partial charge in [0.05, 0.1) is 0 Å². The van der Waals surface area contributed by atoms with E-state index in [0.717, 1.165) is 16.7 Å². The van der Waals surface area contributed by atoms with Crippen LogP contribution in [0.1, 0.15) is 0 Å². The van der Waals surface area contributed by atoms with Gasteiger partial charge in [0.2, 0.25) is 5.43 Å². The second-order valence-corrected chi connectivity index (χ2v) is 20.4. The van der Waals surface area contributed by atoms with Crippen LogP contribution in [0.25, 0.3) is 0 Å². The molecular weight excluding hydrogens is 536 g/mol. The van der Waals surface area contributed by atoms with Crippen LogP contribution < -0.4 is 37.6 Å². The molecule has 0 aliphatic heterocycles. The first-order valence-electron chi connectivity index (χ1n) is 7.53. The zero-order chi connectivity index (χ0) is 20.0. The fraction of sp³-hybridized carbons (Fsp3) is 0. The van der Waals surface area contributed by atoms with Crippen molar-refractivity contribution in [3.05, 3.63) is 108 Å². The van der Waals surface area contributed by atoms with Crippen LogP contribution in [-0.2, 0) is 0 Å². The maximum absolute atomic E-state index is 12.3. The van der Waals surface area contributed by atoms with Crippen LogP contribution in [0.4, 0.5) is 0 Å². The SMILES string of the molecule is O=c1cc([PH+](c2ccccc2)c2ccccc2)c(=O)c(=O)c1=O.[Cl][Sn]([Cl])[Cl]. The molecule has 0 aliphatic carbocycles. The summed E-state index contributed by atoms with van der Waals surface area (Å²) in [6.07, 6.45) is 0. The number of hydrogen-bond donors (Lipinski definition) is 0. The van der Waals surface area contributed by atoms with E-state index in [2.05, 4.69) is 0 Å². The minimum atomic E-state index is -2.13. The molecule has 137 valence electrons. The van der Waals surface area contributed by atoms with Crippen LogP contribution >= 0.6 is 34.7 Å². The Morgan fingerprint density at radius 1 is 0.630 bits per heavy atom. The zero-order valence-electron chi connectivity index (χ0n) is 13.6. The Kier molecular flexibility index (Phi) is 8.64. The zero-order valence-corrected chi connectivity index (χ0v) is 19.7. The van der Waals surface area contributed by atoms with E-state index in [9.17, 15) is 19.2 Å². The third-order valence-electron chi connectivity index (χ3n) is 3.55. The van der Waals surface area contributed by atoms with Crippen molar-refractivity contribution >= 4 is 67.0 Å². The first-order valence-corrected chi connectivity index (χ1v) is 19.9. The summed E-state index contributed by atoms with van der Waals surface area (Å²) < 4.78 is 0. The van der Waals surface area contributed by atoms with Crippen LogP contribution in [-0.4, -0.2) is 16.4 Å². The molecule has 1 radical (unpaired) electrons. The van der Waals surface area contributed by atoms with Crippen molar-refractivity contribution in [3.8, 4) is 0 Å². The summed E-state index contributed by atoms with van der Waals surface area (Å²) in [5.41, 5.74) is -4.27. The fourth-order valence-electron chi connectivity index (χ4n) is 2.47. The molecule has 27 heavy (non-hydrogen) atoms. The van der Waals surface area contributed by atoms with E-state index in [0.29, 0.717) is 0 Å². The van der Waals surface area contributed by atoms with Crippen molar-refractivity contribution in [3.63, 3.8) is 0 Å². The van der Waals surface area contributed by atoms with Crippen LogP contribution in [0.2, 0.25) is 0 Å². The Balaban J connectivity index is 0.000000596. The normalized spacial score (nSPS) is 10.6. The van der Waals surface area contributed by atoms with E-state index in [1.165, 1.54) is 0 Å². The van der Waals surface area contributed by atoms with E-state index in [1.54, 1.807) is 0 Å². The molecule has 0 heterocycles. The topological polar surface area (TPSA) is 68.3 Å². The quantitative estimate of drug-likeness (QED) is 0.280. The molecule has 0 aromatic heterocycles. The van der Waals surface area contributed by atoms with Gasteiger partial charge in [-0.1, -0.05) is 36.4 Å². The number of hydrogen-bond acceptors (Lipinski definition) is 4. The Hall–Kier alpha value is -1.04. The third-order valence-corrected chi connectivity index (χ3v) is 6.28. The van der Waals surface area contributed by atoms with E-state index < -0.39 is 46.0 Å². The third kappa shape index (κ3) is 5.97. The van der Waals surface area contributed by atoms with Crippen LogP contribution in [0.5, 0.6) is 0 Å². The summed E-state index contributed by atoms with van der Waals surface area (Å²) in [5, 5.41) is 1.89. The van der Waals surface area contributed by atoms with Gasteiger partial charge < -0.3 is 0 Å². The molecule has 3 aromatic rings. The van der Waals surface area contributed by atoms with Gasteiger partial charge in [0.25, 0.3) is 16.3 Å². The molecule has 0 fully saturated rings. The van der Waals surface area contributed by atoms with Crippen molar-refractivity contribution in [1.82, 2.24) is 0 Å². The summed E-state index contributed by atoms with van der Waals surface area (Å²) in [6, 6.07) is 19.5. The predicted molar refractivity (Wildman–Crippen MR) is 117 cm³/mol. The molecule has 0 aliphatic rings. The molecule has 0 saturated carbocycles. The summed E-state index contributed by atoms with van der Waals surface area (Å²) >= 11 is -2.13. The van der Waals surface area contributed by atoms with Gasteiger partial charge >= 0.3 is 43.1 Å². The first-order chi connectivity index (χ1) is 12.8. The summed E-state index contributed by atoms with van der Waals surface area (Å²) in [5.74, 6) is 0. The van der Waals surface area contributed by atoms with Gasteiger partial charge in [-0.05, 0) is 24.3 Å². The number of rotatable bonds is 3. The van der Waals surface area contributed by atoms with Gasteiger partial charge in [-0.3, -0.25) is 19.2 Å². The molecule has 0 spiro atoms. The summed E-state index contributed by atoms with van der Waals surface area (Å²) in [6.45, 7) is 0. The second kappa shape index (κ2) is 10.5.